The maximum Gasteiger partial charge on any atom is 0.357 e. The fourth-order valence-corrected chi connectivity index (χ4v) is 2.48. The number of aryl methyl sites for hydroxylation is 1. The van der Waals surface area contributed by atoms with Gasteiger partial charge >= 0.3 is 5.97 Å². The number of anilines is 1. The normalized spacial score (nSPS) is 12.0. The first-order valence-electron chi connectivity index (χ1n) is 6.16. The van der Waals surface area contributed by atoms with Crippen LogP contribution >= 0.6 is 11.3 Å². The Labute approximate surface area is 125 Å². The predicted octanol–water partition coefficient (Wildman–Crippen LogP) is 1.34. The number of furan rings is 1. The summed E-state index contributed by atoms with van der Waals surface area (Å²) in [5.74, 6) is -0.302. The number of carbonyl (C=O) groups excluding carboxylic acids is 2. The van der Waals surface area contributed by atoms with Gasteiger partial charge in [-0.2, -0.15) is 0 Å². The number of nitrogens with zero attached hydrogens (tertiary/aromatic N) is 1. The van der Waals surface area contributed by atoms with Crippen LogP contribution in [0.25, 0.3) is 0 Å². The molecule has 21 heavy (non-hydrogen) atoms. The van der Waals surface area contributed by atoms with Gasteiger partial charge in [0.1, 0.15) is 5.76 Å². The third-order valence-corrected chi connectivity index (χ3v) is 3.63. The molecule has 0 aliphatic heterocycles. The standard InChI is InChI=1S/C13H15N3O4S/c1-7-10(12(18)19-2)15-13(21-7)16-11(17)9(14)6-8-4-3-5-20-8/h3-5,9H,6,14H2,1-2H3,(H,15,16,17). The third-order valence-electron chi connectivity index (χ3n) is 2.74. The molecule has 1 amide bonds. The van der Waals surface area contributed by atoms with Crippen LogP contribution in [0.1, 0.15) is 21.1 Å². The molecular formula is C13H15N3O4S. The van der Waals surface area contributed by atoms with Crippen molar-refractivity contribution in [1.82, 2.24) is 4.98 Å². The van der Waals surface area contributed by atoms with Crippen molar-refractivity contribution in [1.29, 1.82) is 0 Å². The number of ether oxygens (including phenoxy) is 1. The Morgan fingerprint density at radius 3 is 2.95 bits per heavy atom. The highest BCUT2D eigenvalue weighted by Gasteiger charge is 2.20. The highest BCUT2D eigenvalue weighted by Crippen LogP contribution is 2.22. The van der Waals surface area contributed by atoms with E-state index in [1.807, 2.05) is 0 Å². The molecule has 1 atom stereocenters. The Morgan fingerprint density at radius 1 is 1.57 bits per heavy atom. The topological polar surface area (TPSA) is 107 Å². The van der Waals surface area contributed by atoms with Crippen molar-refractivity contribution in [3.8, 4) is 0 Å². The van der Waals surface area contributed by atoms with Gasteiger partial charge in [-0.3, -0.25) is 4.79 Å². The fraction of sp³-hybridized carbons (Fsp3) is 0.308. The molecule has 0 aliphatic rings. The van der Waals surface area contributed by atoms with Gasteiger partial charge in [0, 0.05) is 11.3 Å². The summed E-state index contributed by atoms with van der Waals surface area (Å²) >= 11 is 1.19. The third kappa shape index (κ3) is 3.67. The van der Waals surface area contributed by atoms with Gasteiger partial charge in [0.2, 0.25) is 5.91 Å². The van der Waals surface area contributed by atoms with Gasteiger partial charge < -0.3 is 20.2 Å². The lowest BCUT2D eigenvalue weighted by Crippen LogP contribution is -2.37. The summed E-state index contributed by atoms with van der Waals surface area (Å²) in [5, 5.41) is 2.90. The summed E-state index contributed by atoms with van der Waals surface area (Å²) < 4.78 is 9.75. The first-order chi connectivity index (χ1) is 10.0. The van der Waals surface area contributed by atoms with E-state index in [4.69, 9.17) is 10.2 Å². The number of esters is 1. The Bertz CT molecular complexity index is 636. The highest BCUT2D eigenvalue weighted by atomic mass is 32.1. The SMILES string of the molecule is COC(=O)c1nc(NC(=O)C(N)Cc2ccco2)sc1C. The van der Waals surface area contributed by atoms with Crippen LogP contribution in [0, 0.1) is 6.92 Å². The molecule has 0 fully saturated rings. The number of aromatic nitrogens is 1. The van der Waals surface area contributed by atoms with Crippen LogP contribution in [0.4, 0.5) is 5.13 Å². The van der Waals surface area contributed by atoms with E-state index in [1.165, 1.54) is 24.7 Å². The average molecular weight is 309 g/mol. The zero-order valence-electron chi connectivity index (χ0n) is 11.6. The van der Waals surface area contributed by atoms with Crippen molar-refractivity contribution in [2.45, 2.75) is 19.4 Å². The van der Waals surface area contributed by atoms with E-state index in [2.05, 4.69) is 15.0 Å². The maximum absolute atomic E-state index is 12.0. The average Bonchev–Trinajstić information content (AvgIpc) is 3.07. The molecule has 0 spiro atoms. The van der Waals surface area contributed by atoms with Crippen molar-refractivity contribution < 1.29 is 18.7 Å². The molecule has 2 aromatic heterocycles. The minimum Gasteiger partial charge on any atom is -0.469 e. The summed E-state index contributed by atoms with van der Waals surface area (Å²) in [7, 11) is 1.28. The number of amides is 1. The predicted molar refractivity (Wildman–Crippen MR) is 77.2 cm³/mol. The highest BCUT2D eigenvalue weighted by molar-refractivity contribution is 7.16. The second-order valence-electron chi connectivity index (χ2n) is 4.29. The zero-order valence-corrected chi connectivity index (χ0v) is 12.4. The second-order valence-corrected chi connectivity index (χ2v) is 5.50. The second kappa shape index (κ2) is 6.51. The van der Waals surface area contributed by atoms with Crippen LogP contribution < -0.4 is 11.1 Å². The van der Waals surface area contributed by atoms with Crippen molar-refractivity contribution in [3.05, 3.63) is 34.7 Å². The van der Waals surface area contributed by atoms with Gasteiger partial charge in [0.25, 0.3) is 0 Å². The van der Waals surface area contributed by atoms with E-state index in [1.54, 1.807) is 19.1 Å². The largest absolute Gasteiger partial charge is 0.469 e. The van der Waals surface area contributed by atoms with Crippen molar-refractivity contribution in [2.24, 2.45) is 5.73 Å². The molecule has 112 valence electrons. The number of thiazole rings is 1. The monoisotopic (exact) mass is 309 g/mol. The Kier molecular flexibility index (Phi) is 4.71. The number of hydrogen-bond acceptors (Lipinski definition) is 7. The van der Waals surface area contributed by atoms with Crippen LogP contribution in [0.2, 0.25) is 0 Å². The summed E-state index contributed by atoms with van der Waals surface area (Å²) in [4.78, 5) is 28.1. The summed E-state index contributed by atoms with van der Waals surface area (Å²) in [5.41, 5.74) is 5.99. The molecule has 8 heteroatoms. The fourth-order valence-electron chi connectivity index (χ4n) is 1.67. The van der Waals surface area contributed by atoms with Crippen molar-refractivity contribution >= 4 is 28.3 Å². The molecule has 3 N–H and O–H groups in total. The molecule has 2 heterocycles. The number of carbonyl (C=O) groups is 2. The van der Waals surface area contributed by atoms with Gasteiger partial charge in [0.05, 0.1) is 19.4 Å². The molecule has 7 nitrogen and oxygen atoms in total. The Morgan fingerprint density at radius 2 is 2.33 bits per heavy atom. The Hall–Kier alpha value is -2.19. The molecule has 0 aromatic carbocycles. The van der Waals surface area contributed by atoms with Gasteiger partial charge in [-0.15, -0.1) is 11.3 Å². The van der Waals surface area contributed by atoms with E-state index < -0.39 is 17.9 Å². The number of rotatable bonds is 5. The van der Waals surface area contributed by atoms with Gasteiger partial charge in [-0.1, -0.05) is 0 Å². The minimum atomic E-state index is -0.762. The zero-order chi connectivity index (χ0) is 15.4. The summed E-state index contributed by atoms with van der Waals surface area (Å²) in [6.45, 7) is 1.72. The van der Waals surface area contributed by atoms with Gasteiger partial charge in [0.15, 0.2) is 10.8 Å². The maximum atomic E-state index is 12.0. The summed E-state index contributed by atoms with van der Waals surface area (Å²) in [6.07, 6.45) is 1.81. The first-order valence-corrected chi connectivity index (χ1v) is 6.97. The van der Waals surface area contributed by atoms with E-state index in [0.29, 0.717) is 15.8 Å². The molecule has 0 radical (unpaired) electrons. The molecule has 0 bridgehead atoms. The Balaban J connectivity index is 2.00. The van der Waals surface area contributed by atoms with Crippen LogP contribution in [0.15, 0.2) is 22.8 Å². The molecule has 2 aromatic rings. The lowest BCUT2D eigenvalue weighted by atomic mass is 10.2. The number of nitrogens with two attached hydrogens (primary N) is 1. The van der Waals surface area contributed by atoms with Crippen LogP contribution in [0.3, 0.4) is 0 Å². The first kappa shape index (κ1) is 15.2. The molecule has 1 unspecified atom stereocenters. The van der Waals surface area contributed by atoms with Crippen molar-refractivity contribution in [3.63, 3.8) is 0 Å². The molecule has 0 saturated heterocycles. The molecule has 0 aliphatic carbocycles. The molecule has 2 rings (SSSR count). The number of nitrogens with one attached hydrogen (secondary N) is 1. The van der Waals surface area contributed by atoms with Crippen molar-refractivity contribution in [2.75, 3.05) is 12.4 Å². The van der Waals surface area contributed by atoms with E-state index >= 15 is 0 Å². The van der Waals surface area contributed by atoms with Crippen LogP contribution in [-0.2, 0) is 16.0 Å². The quantitative estimate of drug-likeness (QED) is 0.807. The molecule has 0 saturated carbocycles. The van der Waals surface area contributed by atoms with Gasteiger partial charge in [-0.25, -0.2) is 9.78 Å². The van der Waals surface area contributed by atoms with Gasteiger partial charge in [-0.05, 0) is 19.1 Å². The van der Waals surface area contributed by atoms with E-state index in [-0.39, 0.29) is 12.1 Å². The summed E-state index contributed by atoms with van der Waals surface area (Å²) in [6, 6.07) is 2.71. The van der Waals surface area contributed by atoms with Crippen LogP contribution in [-0.4, -0.2) is 30.0 Å². The number of methoxy groups -OCH3 is 1. The van der Waals surface area contributed by atoms with E-state index in [0.717, 1.165) is 0 Å². The van der Waals surface area contributed by atoms with E-state index in [9.17, 15) is 9.59 Å². The lowest BCUT2D eigenvalue weighted by Gasteiger charge is -2.08. The number of hydrogen-bond donors (Lipinski definition) is 2. The molecular weight excluding hydrogens is 294 g/mol. The lowest BCUT2D eigenvalue weighted by molar-refractivity contribution is -0.117. The smallest absolute Gasteiger partial charge is 0.357 e. The van der Waals surface area contributed by atoms with Crippen LogP contribution in [0.5, 0.6) is 0 Å². The minimum absolute atomic E-state index is 0.192.